The number of hydrogen-bond donors (Lipinski definition) is 4. The number of phenols is 2. The summed E-state index contributed by atoms with van der Waals surface area (Å²) in [6, 6.07) is 17.4. The maximum absolute atomic E-state index is 8.63. The number of aromatic hydroxyl groups is 2. The monoisotopic (exact) mass is 404 g/mol. The molecule has 4 rings (SSSR count). The van der Waals surface area contributed by atoms with Crippen LogP contribution >= 0.6 is 0 Å². The summed E-state index contributed by atoms with van der Waals surface area (Å²) in [7, 11) is 0. The quantitative estimate of drug-likeness (QED) is 0.482. The molecule has 0 atom stereocenters. The van der Waals surface area contributed by atoms with Crippen LogP contribution in [0.4, 0.5) is 0 Å². The van der Waals surface area contributed by atoms with Gasteiger partial charge in [0.1, 0.15) is 11.5 Å². The second kappa shape index (κ2) is 18.0. The maximum Gasteiger partial charge on any atom is 0.283 e. The Morgan fingerprint density at radius 1 is 0.600 bits per heavy atom. The number of nitriles is 2. The predicted octanol–water partition coefficient (Wildman–Crippen LogP) is 5.22. The molecule has 2 aromatic carbocycles. The summed E-state index contributed by atoms with van der Waals surface area (Å²) in [5.41, 5.74) is 2.98. The zero-order valence-corrected chi connectivity index (χ0v) is 16.3. The van der Waals surface area contributed by atoms with Crippen molar-refractivity contribution < 1.29 is 20.4 Å². The summed E-state index contributed by atoms with van der Waals surface area (Å²) in [4.78, 5) is 0. The van der Waals surface area contributed by atoms with Crippen LogP contribution in [0, 0.1) is 23.0 Å². The maximum atomic E-state index is 8.63. The van der Waals surface area contributed by atoms with E-state index in [1.807, 2.05) is 12.1 Å². The van der Waals surface area contributed by atoms with Crippen molar-refractivity contribution in [2.24, 2.45) is 0 Å². The van der Waals surface area contributed by atoms with Crippen LogP contribution in [0.3, 0.4) is 0 Å². The van der Waals surface area contributed by atoms with E-state index in [1.165, 1.54) is 11.1 Å². The van der Waals surface area contributed by atoms with Crippen molar-refractivity contribution in [3.05, 3.63) is 108 Å². The number of aliphatic hydroxyl groups is 2. The third-order valence-electron chi connectivity index (χ3n) is 3.47. The molecule has 154 valence electrons. The van der Waals surface area contributed by atoms with Crippen LogP contribution < -0.4 is 0 Å². The van der Waals surface area contributed by atoms with E-state index in [4.69, 9.17) is 30.9 Å². The van der Waals surface area contributed by atoms with E-state index in [-0.39, 0.29) is 0 Å². The summed E-state index contributed by atoms with van der Waals surface area (Å²) in [5.74, 6) is 0.644. The molecule has 0 unspecified atom stereocenters. The zero-order chi connectivity index (χ0) is 22.5. The van der Waals surface area contributed by atoms with E-state index < -0.39 is 0 Å². The smallest absolute Gasteiger partial charge is 0.283 e. The highest BCUT2D eigenvalue weighted by Gasteiger charge is 2.05. The van der Waals surface area contributed by atoms with Crippen molar-refractivity contribution in [1.82, 2.24) is 0 Å². The summed E-state index contributed by atoms with van der Waals surface area (Å²) in [6.45, 7) is 0. The molecule has 0 saturated heterocycles. The number of allylic oxidation sites excluding steroid dienone is 8. The zero-order valence-electron chi connectivity index (χ0n) is 16.3. The molecule has 0 radical (unpaired) electrons. The number of aliphatic hydroxyl groups excluding tert-OH is 2. The van der Waals surface area contributed by atoms with Crippen LogP contribution in [-0.2, 0) is 0 Å². The third-order valence-corrected chi connectivity index (χ3v) is 3.47. The molecule has 0 aliphatic heterocycles. The summed E-state index contributed by atoms with van der Waals surface area (Å²) in [5, 5.41) is 44.8. The molecular weight excluding hydrogens is 380 g/mol. The van der Waals surface area contributed by atoms with E-state index >= 15 is 0 Å². The molecule has 4 N–H and O–H groups in total. The van der Waals surface area contributed by atoms with Crippen molar-refractivity contribution in [2.75, 3.05) is 0 Å². The third kappa shape index (κ3) is 13.7. The fraction of sp³-hybridized carbons (Fsp3) is 0.0833. The van der Waals surface area contributed by atoms with Crippen LogP contribution in [0.15, 0.2) is 108 Å². The Kier molecular flexibility index (Phi) is 15.3. The molecule has 6 nitrogen and oxygen atoms in total. The summed E-state index contributed by atoms with van der Waals surface area (Å²) < 4.78 is 0. The van der Waals surface area contributed by atoms with Gasteiger partial charge in [-0.15, -0.1) is 0 Å². The van der Waals surface area contributed by atoms with E-state index in [9.17, 15) is 0 Å². The summed E-state index contributed by atoms with van der Waals surface area (Å²) in [6.07, 6.45) is 16.9. The van der Waals surface area contributed by atoms with E-state index in [0.29, 0.717) is 11.5 Å². The second-order valence-electron chi connectivity index (χ2n) is 5.52. The lowest BCUT2D eigenvalue weighted by Gasteiger charge is -1.99. The first-order valence-electron chi connectivity index (χ1n) is 8.85. The van der Waals surface area contributed by atoms with Gasteiger partial charge in [-0.25, -0.2) is 0 Å². The normalized spacial score (nSPS) is 11.7. The lowest BCUT2D eigenvalue weighted by atomic mass is 10.1. The minimum atomic E-state index is 0.322. The second-order valence-corrected chi connectivity index (χ2v) is 5.52. The average Bonchev–Trinajstić information content (AvgIpc) is 3.45. The van der Waals surface area contributed by atoms with Gasteiger partial charge in [-0.05, 0) is 48.3 Å². The minimum absolute atomic E-state index is 0.322. The summed E-state index contributed by atoms with van der Waals surface area (Å²) >= 11 is 0. The number of benzene rings is 2. The Morgan fingerprint density at radius 2 is 0.900 bits per heavy atom. The van der Waals surface area contributed by atoms with E-state index in [0.717, 1.165) is 25.4 Å². The standard InChI is InChI=1S/C10H10.2C6H6O.2CHNO/c1-2-6-9(5-1)10-7-3-4-8-10;2*7-6-4-2-1-3-5-6;2*2-1-3/h1-5,7H,6,8H2;2*1-5,7H;2*3H. The molecule has 6 heteroatoms. The molecule has 0 heterocycles. The molecule has 0 spiro atoms. The Hall–Kier alpha value is -4.42. The number of para-hydroxylation sites is 2. The molecular formula is C24H24N2O4. The molecule has 2 aromatic rings. The molecule has 0 saturated carbocycles. The van der Waals surface area contributed by atoms with Gasteiger partial charge in [-0.1, -0.05) is 72.9 Å². The van der Waals surface area contributed by atoms with Crippen molar-refractivity contribution in [3.8, 4) is 24.0 Å². The van der Waals surface area contributed by atoms with Crippen LogP contribution in [0.1, 0.15) is 12.8 Å². The van der Waals surface area contributed by atoms with Crippen LogP contribution in [-0.4, -0.2) is 20.4 Å². The van der Waals surface area contributed by atoms with Gasteiger partial charge in [0, 0.05) is 0 Å². The van der Waals surface area contributed by atoms with Gasteiger partial charge in [0.15, 0.2) is 0 Å². The predicted molar refractivity (Wildman–Crippen MR) is 115 cm³/mol. The van der Waals surface area contributed by atoms with Crippen molar-refractivity contribution >= 4 is 0 Å². The number of hydrogen-bond acceptors (Lipinski definition) is 6. The van der Waals surface area contributed by atoms with Gasteiger partial charge < -0.3 is 20.4 Å². The van der Waals surface area contributed by atoms with Crippen molar-refractivity contribution in [3.63, 3.8) is 0 Å². The van der Waals surface area contributed by atoms with Gasteiger partial charge in [0.25, 0.3) is 12.5 Å². The Bertz CT molecular complexity index is 826. The lowest BCUT2D eigenvalue weighted by Crippen LogP contribution is -1.80. The Morgan fingerprint density at radius 3 is 1.07 bits per heavy atom. The largest absolute Gasteiger partial charge is 0.508 e. The topological polar surface area (TPSA) is 128 Å². The molecule has 0 aromatic heterocycles. The fourth-order valence-electron chi connectivity index (χ4n) is 2.23. The van der Waals surface area contributed by atoms with Crippen LogP contribution in [0.25, 0.3) is 0 Å². The molecule has 2 aliphatic rings. The minimum Gasteiger partial charge on any atom is -0.508 e. The van der Waals surface area contributed by atoms with Gasteiger partial charge in [-0.2, -0.15) is 10.5 Å². The van der Waals surface area contributed by atoms with Crippen molar-refractivity contribution in [2.45, 2.75) is 12.8 Å². The Balaban J connectivity index is 0.000000379. The fourth-order valence-corrected chi connectivity index (χ4v) is 2.23. The molecule has 0 amide bonds. The van der Waals surface area contributed by atoms with Gasteiger partial charge >= 0.3 is 0 Å². The lowest BCUT2D eigenvalue weighted by molar-refractivity contribution is 0.475. The highest BCUT2D eigenvalue weighted by molar-refractivity contribution is 5.44. The average molecular weight is 404 g/mol. The van der Waals surface area contributed by atoms with Gasteiger partial charge in [-0.3, -0.25) is 0 Å². The molecule has 0 bridgehead atoms. The molecule has 30 heavy (non-hydrogen) atoms. The molecule has 2 aliphatic carbocycles. The highest BCUT2D eigenvalue weighted by atomic mass is 16.3. The van der Waals surface area contributed by atoms with E-state index in [1.54, 1.807) is 48.5 Å². The first kappa shape index (κ1) is 25.6. The Labute approximate surface area is 176 Å². The SMILES string of the molecule is C1=CCC(C2=CC=CC2)=C1.N#CO.N#CO.Oc1ccccc1.Oc1ccccc1. The number of rotatable bonds is 1. The molecule has 0 fully saturated rings. The van der Waals surface area contributed by atoms with Crippen LogP contribution in [0.5, 0.6) is 11.5 Å². The first-order valence-corrected chi connectivity index (χ1v) is 8.85. The van der Waals surface area contributed by atoms with Gasteiger partial charge in [0.05, 0.1) is 0 Å². The van der Waals surface area contributed by atoms with Crippen LogP contribution in [0.2, 0.25) is 0 Å². The van der Waals surface area contributed by atoms with Gasteiger partial charge in [0.2, 0.25) is 0 Å². The first-order chi connectivity index (χ1) is 14.6. The number of phenolic OH excluding ortho intramolecular Hbond substituents is 2. The number of nitrogens with zero attached hydrogens (tertiary/aromatic N) is 2. The highest BCUT2D eigenvalue weighted by Crippen LogP contribution is 2.25. The van der Waals surface area contributed by atoms with E-state index in [2.05, 4.69) is 36.5 Å². The van der Waals surface area contributed by atoms with Crippen molar-refractivity contribution in [1.29, 1.82) is 10.5 Å².